The number of nitrogens with one attached hydrogen (secondary N) is 3. The molecule has 0 aliphatic rings. The zero-order valence-corrected chi connectivity index (χ0v) is 22.3. The number of carbonyl (C=O) groups is 2. The molecular formula is C27H33ClFN5O4. The van der Waals surface area contributed by atoms with Crippen LogP contribution in [-0.4, -0.2) is 66.7 Å². The molecule has 0 spiro atoms. The Morgan fingerprint density at radius 1 is 1.18 bits per heavy atom. The van der Waals surface area contributed by atoms with Gasteiger partial charge >= 0.3 is 5.97 Å². The highest BCUT2D eigenvalue weighted by atomic mass is 35.5. The van der Waals surface area contributed by atoms with Gasteiger partial charge in [0.05, 0.1) is 18.7 Å². The topological polar surface area (TPSA) is 118 Å². The summed E-state index contributed by atoms with van der Waals surface area (Å²) in [7, 11) is 1.64. The number of aromatic amines is 1. The Hall–Kier alpha value is -3.34. The molecule has 0 saturated heterocycles. The van der Waals surface area contributed by atoms with Crippen molar-refractivity contribution in [2.75, 3.05) is 33.4 Å². The summed E-state index contributed by atoms with van der Waals surface area (Å²) in [5, 5.41) is 16.7. The van der Waals surface area contributed by atoms with Crippen molar-refractivity contribution in [3.05, 3.63) is 70.8 Å². The van der Waals surface area contributed by atoms with Crippen molar-refractivity contribution < 1.29 is 23.5 Å². The Morgan fingerprint density at radius 3 is 2.66 bits per heavy atom. The number of esters is 1. The van der Waals surface area contributed by atoms with E-state index in [-0.39, 0.29) is 24.1 Å². The lowest BCUT2D eigenvalue weighted by Crippen LogP contribution is -2.42. The van der Waals surface area contributed by atoms with Gasteiger partial charge in [0.15, 0.2) is 5.69 Å². The zero-order valence-electron chi connectivity index (χ0n) is 21.5. The molecule has 11 heteroatoms. The summed E-state index contributed by atoms with van der Waals surface area (Å²) in [5.41, 5.74) is 2.13. The van der Waals surface area contributed by atoms with E-state index < -0.39 is 17.9 Å². The molecule has 1 amide bonds. The number of hydrogen-bond acceptors (Lipinski definition) is 7. The number of amides is 1. The normalized spacial score (nSPS) is 12.6. The van der Waals surface area contributed by atoms with E-state index in [1.807, 2.05) is 12.1 Å². The van der Waals surface area contributed by atoms with Crippen molar-refractivity contribution in [2.45, 2.75) is 32.2 Å². The van der Waals surface area contributed by atoms with Gasteiger partial charge in [0.2, 0.25) is 0 Å². The van der Waals surface area contributed by atoms with Gasteiger partial charge in [-0.2, -0.15) is 15.4 Å². The smallest absolute Gasteiger partial charge is 0.310 e. The lowest BCUT2D eigenvalue weighted by molar-refractivity contribution is -0.148. The molecule has 1 aromatic heterocycles. The van der Waals surface area contributed by atoms with Gasteiger partial charge in [0.1, 0.15) is 5.82 Å². The number of halogens is 2. The number of ether oxygens (including phenoxy) is 2. The van der Waals surface area contributed by atoms with Crippen molar-refractivity contribution in [3.8, 4) is 11.1 Å². The van der Waals surface area contributed by atoms with Gasteiger partial charge in [0.25, 0.3) is 5.91 Å². The molecule has 3 aromatic rings. The first-order chi connectivity index (χ1) is 18.4. The van der Waals surface area contributed by atoms with Crippen LogP contribution < -0.4 is 10.6 Å². The summed E-state index contributed by atoms with van der Waals surface area (Å²) in [6.07, 6.45) is 2.91. The molecule has 38 heavy (non-hydrogen) atoms. The van der Waals surface area contributed by atoms with Crippen LogP contribution in [0.1, 0.15) is 35.8 Å². The molecule has 1 heterocycles. The average Bonchev–Trinajstić information content (AvgIpc) is 3.45. The maximum Gasteiger partial charge on any atom is 0.310 e. The first-order valence-electron chi connectivity index (χ1n) is 12.5. The number of benzene rings is 2. The monoisotopic (exact) mass is 545 g/mol. The maximum absolute atomic E-state index is 14.3. The van der Waals surface area contributed by atoms with Crippen molar-refractivity contribution in [1.29, 1.82) is 0 Å². The van der Waals surface area contributed by atoms with E-state index >= 15 is 0 Å². The van der Waals surface area contributed by atoms with Crippen LogP contribution in [0.15, 0.2) is 48.7 Å². The summed E-state index contributed by atoms with van der Waals surface area (Å²) in [4.78, 5) is 25.5. The third kappa shape index (κ3) is 8.90. The number of hydrogen-bond donors (Lipinski definition) is 3. The molecule has 0 unspecified atom stereocenters. The Kier molecular flexibility index (Phi) is 11.7. The number of rotatable bonds is 15. The quantitative estimate of drug-likeness (QED) is 0.196. The zero-order chi connectivity index (χ0) is 27.3. The van der Waals surface area contributed by atoms with Crippen LogP contribution in [0.2, 0.25) is 5.02 Å². The maximum atomic E-state index is 14.3. The average molecular weight is 546 g/mol. The molecule has 0 fully saturated rings. The van der Waals surface area contributed by atoms with Gasteiger partial charge in [-0.05, 0) is 62.1 Å². The minimum Gasteiger partial charge on any atom is -0.466 e. The van der Waals surface area contributed by atoms with E-state index in [9.17, 15) is 14.0 Å². The largest absolute Gasteiger partial charge is 0.466 e. The minimum atomic E-state index is -0.486. The molecule has 0 aliphatic carbocycles. The van der Waals surface area contributed by atoms with Gasteiger partial charge in [-0.1, -0.05) is 35.9 Å². The predicted octanol–water partition coefficient (Wildman–Crippen LogP) is 3.80. The fourth-order valence-electron chi connectivity index (χ4n) is 4.07. The molecule has 3 rings (SSSR count). The Balaban J connectivity index is 1.77. The first-order valence-corrected chi connectivity index (χ1v) is 12.9. The van der Waals surface area contributed by atoms with Crippen molar-refractivity contribution in [3.63, 3.8) is 0 Å². The lowest BCUT2D eigenvalue weighted by Gasteiger charge is -2.24. The van der Waals surface area contributed by atoms with Crippen molar-refractivity contribution in [2.24, 2.45) is 5.92 Å². The van der Waals surface area contributed by atoms with E-state index in [1.54, 1.807) is 32.2 Å². The molecule has 0 radical (unpaired) electrons. The van der Waals surface area contributed by atoms with E-state index in [1.165, 1.54) is 18.3 Å². The van der Waals surface area contributed by atoms with Gasteiger partial charge in [0, 0.05) is 36.9 Å². The van der Waals surface area contributed by atoms with Gasteiger partial charge in [-0.3, -0.25) is 9.59 Å². The summed E-state index contributed by atoms with van der Waals surface area (Å²) in [6, 6.07) is 11.4. The van der Waals surface area contributed by atoms with Gasteiger partial charge in [-0.25, -0.2) is 4.39 Å². The second kappa shape index (κ2) is 15.2. The molecule has 2 atom stereocenters. The summed E-state index contributed by atoms with van der Waals surface area (Å²) in [5.74, 6) is -1.59. The highest BCUT2D eigenvalue weighted by Crippen LogP contribution is 2.27. The molecular weight excluding hydrogens is 513 g/mol. The van der Waals surface area contributed by atoms with Crippen molar-refractivity contribution >= 4 is 23.5 Å². The first kappa shape index (κ1) is 29.2. The molecule has 9 nitrogen and oxygen atoms in total. The second-order valence-electron chi connectivity index (χ2n) is 8.79. The van der Waals surface area contributed by atoms with Crippen LogP contribution in [0.25, 0.3) is 11.1 Å². The van der Waals surface area contributed by atoms with E-state index in [0.29, 0.717) is 48.7 Å². The molecule has 0 saturated carbocycles. The number of methoxy groups -OCH3 is 1. The lowest BCUT2D eigenvalue weighted by atomic mass is 9.93. The Bertz CT molecular complexity index is 1160. The van der Waals surface area contributed by atoms with E-state index in [2.05, 4.69) is 26.0 Å². The highest BCUT2D eigenvalue weighted by Gasteiger charge is 2.26. The van der Waals surface area contributed by atoms with Crippen LogP contribution in [-0.2, 0) is 20.7 Å². The fraction of sp³-hybridized carbons (Fsp3) is 0.407. The van der Waals surface area contributed by atoms with Gasteiger partial charge in [-0.15, -0.1) is 0 Å². The van der Waals surface area contributed by atoms with Gasteiger partial charge < -0.3 is 20.1 Å². The van der Waals surface area contributed by atoms with Crippen LogP contribution in [0.3, 0.4) is 0 Å². The second-order valence-corrected chi connectivity index (χ2v) is 9.22. The Labute approximate surface area is 226 Å². The summed E-state index contributed by atoms with van der Waals surface area (Å²) in [6.45, 7) is 3.71. The fourth-order valence-corrected chi connectivity index (χ4v) is 4.24. The summed E-state index contributed by atoms with van der Waals surface area (Å²) < 4.78 is 24.7. The number of aromatic nitrogens is 3. The predicted molar refractivity (Wildman–Crippen MR) is 142 cm³/mol. The molecule has 3 N–H and O–H groups in total. The number of nitrogens with zero attached hydrogens (tertiary/aromatic N) is 2. The van der Waals surface area contributed by atoms with Crippen LogP contribution in [0.4, 0.5) is 4.39 Å². The molecule has 2 aromatic carbocycles. The standard InChI is InChI=1S/C27H33ClFN5O4/c1-3-38-27(36)20(16-30-11-4-12-37-2)14-22(32-26(35)25-17-31-34-33-25)13-18-5-7-19(8-6-18)23-15-21(28)9-10-24(23)29/h5-10,15,17,20,22,30H,3-4,11-14,16H2,1-2H3,(H,32,35)(H,31,33,34)/t20-,22+/m0/s1. The third-order valence-electron chi connectivity index (χ3n) is 5.94. The van der Waals surface area contributed by atoms with Crippen molar-refractivity contribution in [1.82, 2.24) is 26.0 Å². The third-order valence-corrected chi connectivity index (χ3v) is 6.18. The van der Waals surface area contributed by atoms with Crippen LogP contribution >= 0.6 is 11.6 Å². The van der Waals surface area contributed by atoms with Crippen LogP contribution in [0, 0.1) is 11.7 Å². The number of carbonyl (C=O) groups excluding carboxylic acids is 2. The minimum absolute atomic E-state index is 0.146. The van der Waals surface area contributed by atoms with E-state index in [0.717, 1.165) is 12.0 Å². The highest BCUT2D eigenvalue weighted by molar-refractivity contribution is 6.30. The van der Waals surface area contributed by atoms with Crippen LogP contribution in [0.5, 0.6) is 0 Å². The summed E-state index contributed by atoms with van der Waals surface area (Å²) >= 11 is 6.05. The SMILES string of the molecule is CCOC(=O)[C@H](CNCCCOC)C[C@@H](Cc1ccc(-c2cc(Cl)ccc2F)cc1)NC(=O)c1cn[nH]n1. The van der Waals surface area contributed by atoms with E-state index in [4.69, 9.17) is 21.1 Å². The molecule has 204 valence electrons. The molecule has 0 aliphatic heterocycles. The Morgan fingerprint density at radius 2 is 1.97 bits per heavy atom. The number of H-pyrrole nitrogens is 1. The molecule has 0 bridgehead atoms.